The molecule has 2 aromatic heterocycles. The van der Waals surface area contributed by atoms with Gasteiger partial charge in [-0.25, -0.2) is 0 Å². The van der Waals surface area contributed by atoms with Crippen LogP contribution >= 0.6 is 11.7 Å². The van der Waals surface area contributed by atoms with Crippen LogP contribution in [0.15, 0.2) is 54.7 Å². The number of pyridine rings is 1. The van der Waals surface area contributed by atoms with Crippen LogP contribution in [-0.4, -0.2) is 13.7 Å². The molecule has 4 aromatic rings. The van der Waals surface area contributed by atoms with Crippen molar-refractivity contribution in [1.29, 1.82) is 0 Å². The van der Waals surface area contributed by atoms with Crippen LogP contribution in [0.25, 0.3) is 33.4 Å². The zero-order valence-corrected chi connectivity index (χ0v) is 13.8. The van der Waals surface area contributed by atoms with Gasteiger partial charge < -0.3 is 0 Å². The lowest BCUT2D eigenvalue weighted by Gasteiger charge is -2.07. The average Bonchev–Trinajstić information content (AvgIpc) is 3.01. The summed E-state index contributed by atoms with van der Waals surface area (Å²) < 4.78 is 8.58. The van der Waals surface area contributed by atoms with Gasteiger partial charge in [0.2, 0.25) is 0 Å². The zero-order chi connectivity index (χ0) is 15.8. The summed E-state index contributed by atoms with van der Waals surface area (Å²) in [4.78, 5) is 4.54. The molecule has 2 heterocycles. The Morgan fingerprint density at radius 2 is 1.43 bits per heavy atom. The van der Waals surface area contributed by atoms with Crippen molar-refractivity contribution < 1.29 is 0 Å². The molecule has 0 fully saturated rings. The van der Waals surface area contributed by atoms with Crippen LogP contribution < -0.4 is 0 Å². The van der Waals surface area contributed by atoms with Crippen LogP contribution in [0.3, 0.4) is 0 Å². The van der Waals surface area contributed by atoms with E-state index in [0.29, 0.717) is 0 Å². The second kappa shape index (κ2) is 5.56. The van der Waals surface area contributed by atoms with Crippen molar-refractivity contribution in [3.63, 3.8) is 0 Å². The highest BCUT2D eigenvalue weighted by molar-refractivity contribution is 7.00. The second-order valence-electron chi connectivity index (χ2n) is 5.77. The highest BCUT2D eigenvalue weighted by Crippen LogP contribution is 2.27. The van der Waals surface area contributed by atoms with Crippen molar-refractivity contribution in [2.45, 2.75) is 13.8 Å². The van der Waals surface area contributed by atoms with Gasteiger partial charge in [-0.2, -0.15) is 8.75 Å². The lowest BCUT2D eigenvalue weighted by molar-refractivity contribution is 1.30. The van der Waals surface area contributed by atoms with Crippen molar-refractivity contribution in [3.05, 3.63) is 65.9 Å². The molecule has 0 unspecified atom stereocenters. The van der Waals surface area contributed by atoms with E-state index in [9.17, 15) is 0 Å². The minimum atomic E-state index is 0.942. The molecule has 0 aliphatic carbocycles. The molecule has 3 nitrogen and oxygen atoms in total. The molecule has 112 valence electrons. The van der Waals surface area contributed by atoms with Gasteiger partial charge in [0.05, 0.1) is 17.4 Å². The Bertz CT molecular complexity index is 984. The van der Waals surface area contributed by atoms with E-state index in [0.717, 1.165) is 33.4 Å². The quantitative estimate of drug-likeness (QED) is 0.520. The van der Waals surface area contributed by atoms with E-state index in [-0.39, 0.29) is 0 Å². The molecule has 0 N–H and O–H groups in total. The SMILES string of the molecule is Cc1cc(C)cc(-c2cc(-c3ccc4nsnc4c3)ccn2)c1. The zero-order valence-electron chi connectivity index (χ0n) is 12.9. The van der Waals surface area contributed by atoms with E-state index in [1.54, 1.807) is 0 Å². The topological polar surface area (TPSA) is 38.7 Å². The third kappa shape index (κ3) is 2.73. The van der Waals surface area contributed by atoms with Gasteiger partial charge in [0.25, 0.3) is 0 Å². The molecule has 0 aliphatic heterocycles. The fraction of sp³-hybridized carbons (Fsp3) is 0.105. The predicted molar refractivity (Wildman–Crippen MR) is 95.6 cm³/mol. The summed E-state index contributed by atoms with van der Waals surface area (Å²) in [5.41, 5.74) is 8.82. The largest absolute Gasteiger partial charge is 0.256 e. The minimum Gasteiger partial charge on any atom is -0.256 e. The predicted octanol–water partition coefficient (Wildman–Crippen LogP) is 5.04. The van der Waals surface area contributed by atoms with E-state index in [1.165, 1.54) is 22.9 Å². The first-order chi connectivity index (χ1) is 11.2. The van der Waals surface area contributed by atoms with Crippen molar-refractivity contribution in [2.24, 2.45) is 0 Å². The summed E-state index contributed by atoms with van der Waals surface area (Å²) in [6, 6.07) is 16.9. The molecule has 4 heteroatoms. The van der Waals surface area contributed by atoms with Crippen molar-refractivity contribution >= 4 is 22.8 Å². The first kappa shape index (κ1) is 14.0. The molecule has 2 aromatic carbocycles. The molecule has 23 heavy (non-hydrogen) atoms. The summed E-state index contributed by atoms with van der Waals surface area (Å²) in [6.45, 7) is 4.23. The second-order valence-corrected chi connectivity index (χ2v) is 6.30. The normalized spacial score (nSPS) is 11.0. The first-order valence-electron chi connectivity index (χ1n) is 7.46. The van der Waals surface area contributed by atoms with Crippen molar-refractivity contribution in [3.8, 4) is 22.4 Å². The number of nitrogens with zero attached hydrogens (tertiary/aromatic N) is 3. The third-order valence-corrected chi connectivity index (χ3v) is 4.42. The van der Waals surface area contributed by atoms with E-state index in [1.807, 2.05) is 18.3 Å². The summed E-state index contributed by atoms with van der Waals surface area (Å²) in [7, 11) is 0. The highest BCUT2D eigenvalue weighted by atomic mass is 32.1. The fourth-order valence-corrected chi connectivity index (χ4v) is 3.37. The number of hydrogen-bond donors (Lipinski definition) is 0. The van der Waals surface area contributed by atoms with Crippen LogP contribution in [0.2, 0.25) is 0 Å². The maximum Gasteiger partial charge on any atom is 0.105 e. The Hall–Kier alpha value is -2.59. The number of hydrogen-bond acceptors (Lipinski definition) is 4. The fourth-order valence-electron chi connectivity index (χ4n) is 2.85. The van der Waals surface area contributed by atoms with E-state index in [4.69, 9.17) is 0 Å². The molecule has 0 bridgehead atoms. The van der Waals surface area contributed by atoms with Gasteiger partial charge in [0, 0.05) is 11.8 Å². The maximum atomic E-state index is 4.54. The number of benzene rings is 2. The number of rotatable bonds is 2. The monoisotopic (exact) mass is 317 g/mol. The molecular weight excluding hydrogens is 302 g/mol. The van der Waals surface area contributed by atoms with Gasteiger partial charge in [-0.15, -0.1) is 0 Å². The Balaban J connectivity index is 1.81. The summed E-state index contributed by atoms with van der Waals surface area (Å²) in [5, 5.41) is 0. The van der Waals surface area contributed by atoms with E-state index in [2.05, 4.69) is 64.0 Å². The molecule has 0 atom stereocenters. The van der Waals surface area contributed by atoms with Gasteiger partial charge in [-0.05, 0) is 61.4 Å². The molecule has 0 saturated heterocycles. The van der Waals surface area contributed by atoms with Crippen LogP contribution in [0, 0.1) is 13.8 Å². The smallest absolute Gasteiger partial charge is 0.105 e. The number of aromatic nitrogens is 3. The lowest BCUT2D eigenvalue weighted by Crippen LogP contribution is -1.88. The summed E-state index contributed by atoms with van der Waals surface area (Å²) in [5.74, 6) is 0. The number of aryl methyl sites for hydroxylation is 2. The van der Waals surface area contributed by atoms with Gasteiger partial charge in [-0.1, -0.05) is 23.3 Å². The Morgan fingerprint density at radius 3 is 2.26 bits per heavy atom. The molecular formula is C19H15N3S. The first-order valence-corrected chi connectivity index (χ1v) is 8.19. The van der Waals surface area contributed by atoms with Crippen molar-refractivity contribution in [1.82, 2.24) is 13.7 Å². The maximum absolute atomic E-state index is 4.54. The van der Waals surface area contributed by atoms with Crippen LogP contribution in [0.4, 0.5) is 0 Å². The van der Waals surface area contributed by atoms with Crippen LogP contribution in [0.5, 0.6) is 0 Å². The average molecular weight is 317 g/mol. The summed E-state index contributed by atoms with van der Waals surface area (Å²) >= 11 is 1.25. The van der Waals surface area contributed by atoms with E-state index >= 15 is 0 Å². The van der Waals surface area contributed by atoms with Gasteiger partial charge in [0.15, 0.2) is 0 Å². The third-order valence-electron chi connectivity index (χ3n) is 3.86. The van der Waals surface area contributed by atoms with Gasteiger partial charge >= 0.3 is 0 Å². The Morgan fingerprint density at radius 1 is 0.696 bits per heavy atom. The molecule has 4 rings (SSSR count). The molecule has 0 aliphatic rings. The van der Waals surface area contributed by atoms with Crippen LogP contribution in [-0.2, 0) is 0 Å². The highest BCUT2D eigenvalue weighted by Gasteiger charge is 2.06. The van der Waals surface area contributed by atoms with Crippen LogP contribution in [0.1, 0.15) is 11.1 Å². The van der Waals surface area contributed by atoms with Gasteiger partial charge in [0.1, 0.15) is 11.0 Å². The summed E-state index contributed by atoms with van der Waals surface area (Å²) in [6.07, 6.45) is 1.87. The van der Waals surface area contributed by atoms with E-state index < -0.39 is 0 Å². The van der Waals surface area contributed by atoms with Gasteiger partial charge in [-0.3, -0.25) is 4.98 Å². The molecule has 0 saturated carbocycles. The standard InChI is InChI=1S/C19H15N3S/c1-12-7-13(2)9-16(8-12)18-10-15(5-6-20-18)14-3-4-17-19(11-14)22-23-21-17/h3-11H,1-2H3. The lowest BCUT2D eigenvalue weighted by atomic mass is 10.0. The van der Waals surface area contributed by atoms with Crippen molar-refractivity contribution in [2.75, 3.05) is 0 Å². The minimum absolute atomic E-state index is 0.942. The molecule has 0 amide bonds. The number of fused-ring (bicyclic) bond motifs is 1. The Labute approximate surface area is 139 Å². The Kier molecular flexibility index (Phi) is 3.39. The molecule has 0 spiro atoms. The molecule has 0 radical (unpaired) electrons.